The van der Waals surface area contributed by atoms with Gasteiger partial charge in [-0.25, -0.2) is 4.39 Å². The molecular weight excluding hydrogens is 253 g/mol. The molecule has 0 aromatic heterocycles. The van der Waals surface area contributed by atoms with Gasteiger partial charge in [-0.3, -0.25) is 0 Å². The van der Waals surface area contributed by atoms with Gasteiger partial charge in [-0.15, -0.1) is 0 Å². The number of ether oxygens (including phenoxy) is 1. The summed E-state index contributed by atoms with van der Waals surface area (Å²) in [6.07, 6.45) is 0.597. The summed E-state index contributed by atoms with van der Waals surface area (Å²) in [5, 5.41) is 0. The van der Waals surface area contributed by atoms with Crippen molar-refractivity contribution in [3.8, 4) is 5.75 Å². The first-order valence-corrected chi connectivity index (χ1v) is 6.83. The molecule has 0 aliphatic carbocycles. The number of aryl methyl sites for hydroxylation is 2. The van der Waals surface area contributed by atoms with Crippen LogP contribution in [0.25, 0.3) is 0 Å². The highest BCUT2D eigenvalue weighted by Gasteiger charge is 2.27. The molecule has 20 heavy (non-hydrogen) atoms. The van der Waals surface area contributed by atoms with Gasteiger partial charge in [0.15, 0.2) is 0 Å². The molecule has 2 N–H and O–H groups in total. The fourth-order valence-electron chi connectivity index (χ4n) is 2.88. The summed E-state index contributed by atoms with van der Waals surface area (Å²) in [7, 11) is 0. The van der Waals surface area contributed by atoms with Crippen molar-refractivity contribution in [1.82, 2.24) is 0 Å². The minimum absolute atomic E-state index is 0.113. The maximum atomic E-state index is 13.4. The van der Waals surface area contributed by atoms with Crippen LogP contribution in [-0.4, -0.2) is 0 Å². The Labute approximate surface area is 118 Å². The molecule has 0 spiro atoms. The van der Waals surface area contributed by atoms with Crippen LogP contribution in [0.4, 0.5) is 4.39 Å². The Hall–Kier alpha value is -1.87. The molecule has 3 heteroatoms. The standard InChI is InChI=1S/C17H18FNO/c1-10-5-11(2)7-12(6-10)16-9-15(19)14-4-3-13(18)8-17(14)20-16/h3-8,15-16H,9,19H2,1-2H3. The van der Waals surface area contributed by atoms with E-state index in [1.807, 2.05) is 0 Å². The number of nitrogens with two attached hydrogens (primary N) is 1. The summed E-state index contributed by atoms with van der Waals surface area (Å²) in [6.45, 7) is 4.12. The van der Waals surface area contributed by atoms with Crippen LogP contribution >= 0.6 is 0 Å². The van der Waals surface area contributed by atoms with E-state index >= 15 is 0 Å². The average molecular weight is 271 g/mol. The largest absolute Gasteiger partial charge is 0.485 e. The van der Waals surface area contributed by atoms with Crippen molar-refractivity contribution in [1.29, 1.82) is 0 Å². The molecule has 1 aliphatic rings. The third-order valence-electron chi connectivity index (χ3n) is 3.73. The molecule has 0 radical (unpaired) electrons. The Bertz CT molecular complexity index is 633. The minimum Gasteiger partial charge on any atom is -0.485 e. The Balaban J connectivity index is 1.98. The maximum Gasteiger partial charge on any atom is 0.127 e. The predicted molar refractivity (Wildman–Crippen MR) is 77.2 cm³/mol. The van der Waals surface area contributed by atoms with Gasteiger partial charge in [0.25, 0.3) is 0 Å². The predicted octanol–water partition coefficient (Wildman–Crippen LogP) is 3.97. The number of rotatable bonds is 1. The van der Waals surface area contributed by atoms with E-state index in [1.165, 1.54) is 23.3 Å². The van der Waals surface area contributed by atoms with Crippen LogP contribution in [0, 0.1) is 19.7 Å². The SMILES string of the molecule is Cc1cc(C)cc(C2CC(N)c3ccc(F)cc3O2)c1. The molecule has 1 aliphatic heterocycles. The molecule has 0 saturated heterocycles. The van der Waals surface area contributed by atoms with Crippen LogP contribution in [0.5, 0.6) is 5.75 Å². The molecule has 0 amide bonds. The van der Waals surface area contributed by atoms with Gasteiger partial charge in [-0.05, 0) is 25.5 Å². The van der Waals surface area contributed by atoms with Crippen molar-refractivity contribution in [3.05, 3.63) is 64.5 Å². The van der Waals surface area contributed by atoms with Crippen molar-refractivity contribution < 1.29 is 9.13 Å². The van der Waals surface area contributed by atoms with Crippen LogP contribution in [0.2, 0.25) is 0 Å². The van der Waals surface area contributed by atoms with Crippen LogP contribution in [-0.2, 0) is 0 Å². The van der Waals surface area contributed by atoms with Crippen molar-refractivity contribution in [2.45, 2.75) is 32.4 Å². The monoisotopic (exact) mass is 271 g/mol. The molecule has 2 atom stereocenters. The molecule has 0 bridgehead atoms. The molecule has 104 valence electrons. The lowest BCUT2D eigenvalue weighted by Gasteiger charge is -2.31. The molecule has 2 aromatic carbocycles. The lowest BCUT2D eigenvalue weighted by atomic mass is 9.92. The van der Waals surface area contributed by atoms with E-state index in [9.17, 15) is 4.39 Å². The Morgan fingerprint density at radius 1 is 1.10 bits per heavy atom. The number of hydrogen-bond donors (Lipinski definition) is 1. The zero-order chi connectivity index (χ0) is 14.3. The number of hydrogen-bond acceptors (Lipinski definition) is 2. The minimum atomic E-state index is -0.294. The van der Waals surface area contributed by atoms with E-state index in [2.05, 4.69) is 32.0 Å². The molecule has 0 saturated carbocycles. The summed E-state index contributed by atoms with van der Waals surface area (Å²) in [6, 6.07) is 10.8. The van der Waals surface area contributed by atoms with Crippen molar-refractivity contribution in [3.63, 3.8) is 0 Å². The van der Waals surface area contributed by atoms with Crippen LogP contribution in [0.3, 0.4) is 0 Å². The van der Waals surface area contributed by atoms with E-state index in [0.29, 0.717) is 12.2 Å². The fraction of sp³-hybridized carbons (Fsp3) is 0.294. The zero-order valence-electron chi connectivity index (χ0n) is 11.7. The molecular formula is C17H18FNO. The topological polar surface area (TPSA) is 35.2 Å². The van der Waals surface area contributed by atoms with Crippen LogP contribution in [0.15, 0.2) is 36.4 Å². The quantitative estimate of drug-likeness (QED) is 0.852. The average Bonchev–Trinajstić information content (AvgIpc) is 2.36. The highest BCUT2D eigenvalue weighted by Crippen LogP contribution is 2.40. The second-order valence-corrected chi connectivity index (χ2v) is 5.55. The van der Waals surface area contributed by atoms with Gasteiger partial charge in [0.1, 0.15) is 17.7 Å². The first kappa shape index (κ1) is 13.1. The summed E-state index contributed by atoms with van der Waals surface area (Å²) in [4.78, 5) is 0. The molecule has 2 aromatic rings. The molecule has 1 heterocycles. The summed E-state index contributed by atoms with van der Waals surface area (Å²) >= 11 is 0. The maximum absolute atomic E-state index is 13.4. The van der Waals surface area contributed by atoms with E-state index in [-0.39, 0.29) is 18.0 Å². The number of benzene rings is 2. The fourth-order valence-corrected chi connectivity index (χ4v) is 2.88. The summed E-state index contributed by atoms with van der Waals surface area (Å²) in [5.74, 6) is 0.268. The van der Waals surface area contributed by atoms with Crippen LogP contribution in [0.1, 0.15) is 40.8 Å². The first-order chi connectivity index (χ1) is 9.52. The summed E-state index contributed by atoms with van der Waals surface area (Å²) < 4.78 is 19.3. The van der Waals surface area contributed by atoms with Gasteiger partial charge in [-0.1, -0.05) is 35.4 Å². The normalized spacial score (nSPS) is 21.2. The smallest absolute Gasteiger partial charge is 0.127 e. The second-order valence-electron chi connectivity index (χ2n) is 5.55. The van der Waals surface area contributed by atoms with Gasteiger partial charge in [0, 0.05) is 24.1 Å². The van der Waals surface area contributed by atoms with E-state index < -0.39 is 0 Å². The zero-order valence-corrected chi connectivity index (χ0v) is 11.7. The third-order valence-corrected chi connectivity index (χ3v) is 3.73. The van der Waals surface area contributed by atoms with Gasteiger partial charge < -0.3 is 10.5 Å². The van der Waals surface area contributed by atoms with Crippen molar-refractivity contribution >= 4 is 0 Å². The summed E-state index contributed by atoms with van der Waals surface area (Å²) in [5.41, 5.74) is 10.6. The highest BCUT2D eigenvalue weighted by atomic mass is 19.1. The third kappa shape index (κ3) is 2.41. The van der Waals surface area contributed by atoms with Crippen LogP contribution < -0.4 is 10.5 Å². The van der Waals surface area contributed by atoms with Gasteiger partial charge in [-0.2, -0.15) is 0 Å². The van der Waals surface area contributed by atoms with Gasteiger partial charge >= 0.3 is 0 Å². The Kier molecular flexibility index (Phi) is 3.22. The Morgan fingerprint density at radius 3 is 2.50 bits per heavy atom. The highest BCUT2D eigenvalue weighted by molar-refractivity contribution is 5.40. The molecule has 0 fully saturated rings. The molecule has 2 unspecified atom stereocenters. The van der Waals surface area contributed by atoms with Gasteiger partial charge in [0.05, 0.1) is 0 Å². The Morgan fingerprint density at radius 2 is 1.80 bits per heavy atom. The van der Waals surface area contributed by atoms with E-state index in [4.69, 9.17) is 10.5 Å². The lowest BCUT2D eigenvalue weighted by Crippen LogP contribution is -2.24. The first-order valence-electron chi connectivity index (χ1n) is 6.83. The molecule has 2 nitrogen and oxygen atoms in total. The molecule has 3 rings (SSSR count). The number of fused-ring (bicyclic) bond motifs is 1. The van der Waals surface area contributed by atoms with E-state index in [0.717, 1.165) is 11.1 Å². The lowest BCUT2D eigenvalue weighted by molar-refractivity contribution is 0.160. The van der Waals surface area contributed by atoms with E-state index in [1.54, 1.807) is 6.07 Å². The van der Waals surface area contributed by atoms with Crippen molar-refractivity contribution in [2.75, 3.05) is 0 Å². The second kappa shape index (κ2) is 4.91. The van der Waals surface area contributed by atoms with Gasteiger partial charge in [0.2, 0.25) is 0 Å². The van der Waals surface area contributed by atoms with Crippen molar-refractivity contribution in [2.24, 2.45) is 5.73 Å². The number of halogens is 1.